The van der Waals surface area contributed by atoms with Crippen LogP contribution in [0.2, 0.25) is 0 Å². The van der Waals surface area contributed by atoms with E-state index in [9.17, 15) is 0 Å². The lowest BCUT2D eigenvalue weighted by Gasteiger charge is -2.07. The first kappa shape index (κ1) is 12.9. The molecule has 1 rings (SSSR count). The van der Waals surface area contributed by atoms with E-state index >= 15 is 0 Å². The molecule has 0 radical (unpaired) electrons. The Morgan fingerprint density at radius 2 is 2.06 bits per heavy atom. The Hall–Kier alpha value is -2.17. The van der Waals surface area contributed by atoms with E-state index in [0.717, 1.165) is 16.3 Å². The smallest absolute Gasteiger partial charge is 0.145 e. The van der Waals surface area contributed by atoms with Gasteiger partial charge in [0.25, 0.3) is 0 Å². The first-order chi connectivity index (χ1) is 8.31. The van der Waals surface area contributed by atoms with Crippen molar-refractivity contribution < 1.29 is 0 Å². The summed E-state index contributed by atoms with van der Waals surface area (Å²) < 4.78 is 0. The molecular weight excluding hydrogens is 230 g/mol. The molecule has 0 amide bonds. The number of allylic oxidation sites excluding steroid dienone is 1. The Kier molecular flexibility index (Phi) is 5.43. The van der Waals surface area contributed by atoms with E-state index in [1.165, 1.54) is 6.20 Å². The second-order valence-corrected chi connectivity index (χ2v) is 4.08. The largest absolute Gasteiger partial charge is 0.359 e. The molecule has 0 saturated carbocycles. The van der Waals surface area contributed by atoms with E-state index in [0.29, 0.717) is 0 Å². The van der Waals surface area contributed by atoms with Crippen LogP contribution in [0.25, 0.3) is 0 Å². The summed E-state index contributed by atoms with van der Waals surface area (Å²) in [6.45, 7) is 3.67. The van der Waals surface area contributed by atoms with Gasteiger partial charge in [0, 0.05) is 16.8 Å². The first-order valence-electron chi connectivity index (χ1n) is 4.91. The lowest BCUT2D eigenvalue weighted by molar-refractivity contribution is 1.39. The number of hydrogen-bond acceptors (Lipinski definition) is 4. The average molecular weight is 241 g/mol. The van der Waals surface area contributed by atoms with E-state index in [2.05, 4.69) is 11.9 Å². The fraction of sp³-hybridized carbons (Fsp3) is 0.0769. The van der Waals surface area contributed by atoms with Crippen molar-refractivity contribution in [2.24, 2.45) is 0 Å². The second-order valence-electron chi connectivity index (χ2n) is 3.02. The Labute approximate surface area is 105 Å². The van der Waals surface area contributed by atoms with Crippen LogP contribution in [-0.4, -0.2) is 5.75 Å². The highest BCUT2D eigenvalue weighted by atomic mass is 32.2. The van der Waals surface area contributed by atoms with Gasteiger partial charge in [0.2, 0.25) is 0 Å². The minimum absolute atomic E-state index is 0.0496. The zero-order valence-corrected chi connectivity index (χ0v) is 10.00. The van der Waals surface area contributed by atoms with Crippen molar-refractivity contribution in [3.8, 4) is 12.1 Å². The number of nitrogens with one attached hydrogen (secondary N) is 1. The molecule has 1 N–H and O–H groups in total. The molecule has 3 nitrogen and oxygen atoms in total. The second kappa shape index (κ2) is 7.16. The number of hydrogen-bond donors (Lipinski definition) is 1. The number of nitriles is 2. The summed E-state index contributed by atoms with van der Waals surface area (Å²) in [5, 5.41) is 20.2. The molecule has 0 atom stereocenters. The Bertz CT molecular complexity index is 490. The molecule has 0 spiro atoms. The van der Waals surface area contributed by atoms with E-state index in [1.54, 1.807) is 23.9 Å². The maximum absolute atomic E-state index is 8.62. The monoisotopic (exact) mass is 241 g/mol. The normalized spacial score (nSPS) is 8.59. The third-order valence-corrected chi connectivity index (χ3v) is 2.93. The van der Waals surface area contributed by atoms with Crippen molar-refractivity contribution in [2.75, 3.05) is 11.1 Å². The van der Waals surface area contributed by atoms with E-state index in [-0.39, 0.29) is 5.57 Å². The van der Waals surface area contributed by atoms with Crippen LogP contribution >= 0.6 is 11.8 Å². The summed E-state index contributed by atoms with van der Waals surface area (Å²) in [5.41, 5.74) is 0.927. The summed E-state index contributed by atoms with van der Waals surface area (Å²) in [4.78, 5) is 1.05. The van der Waals surface area contributed by atoms with Crippen molar-refractivity contribution in [2.45, 2.75) is 4.90 Å². The topological polar surface area (TPSA) is 59.6 Å². The number of anilines is 1. The zero-order chi connectivity index (χ0) is 12.5. The molecule has 0 aliphatic rings. The van der Waals surface area contributed by atoms with Crippen LogP contribution in [0, 0.1) is 22.7 Å². The number of para-hydroxylation sites is 1. The summed E-state index contributed by atoms with van der Waals surface area (Å²) in [7, 11) is 0. The van der Waals surface area contributed by atoms with Gasteiger partial charge in [0.05, 0.1) is 5.69 Å². The predicted molar refractivity (Wildman–Crippen MR) is 70.3 cm³/mol. The first-order valence-corrected chi connectivity index (χ1v) is 5.90. The SMILES string of the molecule is C=CCSc1ccccc1NC=C(C#N)C#N. The maximum Gasteiger partial charge on any atom is 0.145 e. The third-order valence-electron chi connectivity index (χ3n) is 1.86. The molecule has 0 bridgehead atoms. The van der Waals surface area contributed by atoms with Gasteiger partial charge in [-0.05, 0) is 12.1 Å². The Morgan fingerprint density at radius 3 is 2.71 bits per heavy atom. The lowest BCUT2D eigenvalue weighted by Crippen LogP contribution is -1.92. The molecule has 0 saturated heterocycles. The van der Waals surface area contributed by atoms with Crippen LogP contribution in [0.15, 0.2) is 53.6 Å². The van der Waals surface area contributed by atoms with Crippen molar-refractivity contribution >= 4 is 17.4 Å². The minimum atomic E-state index is 0.0496. The Balaban J connectivity index is 2.84. The van der Waals surface area contributed by atoms with Crippen molar-refractivity contribution in [1.82, 2.24) is 0 Å². The molecule has 0 unspecified atom stereocenters. The van der Waals surface area contributed by atoms with Gasteiger partial charge in [-0.25, -0.2) is 0 Å². The van der Waals surface area contributed by atoms with Crippen LogP contribution in [0.4, 0.5) is 5.69 Å². The molecule has 1 aromatic carbocycles. The van der Waals surface area contributed by atoms with Crippen LogP contribution in [0.5, 0.6) is 0 Å². The highest BCUT2D eigenvalue weighted by Gasteiger charge is 2.00. The van der Waals surface area contributed by atoms with Gasteiger partial charge in [-0.2, -0.15) is 10.5 Å². The molecule has 1 aromatic rings. The third kappa shape index (κ3) is 4.06. The number of rotatable bonds is 5. The molecule has 0 heterocycles. The van der Waals surface area contributed by atoms with E-state index in [4.69, 9.17) is 10.5 Å². The lowest BCUT2D eigenvalue weighted by atomic mass is 10.3. The van der Waals surface area contributed by atoms with Crippen molar-refractivity contribution in [1.29, 1.82) is 10.5 Å². The van der Waals surface area contributed by atoms with Crippen LogP contribution in [0.1, 0.15) is 0 Å². The Morgan fingerprint density at radius 1 is 1.35 bits per heavy atom. The minimum Gasteiger partial charge on any atom is -0.359 e. The van der Waals surface area contributed by atoms with Gasteiger partial charge in [-0.3, -0.25) is 0 Å². The molecule has 17 heavy (non-hydrogen) atoms. The van der Waals surface area contributed by atoms with Gasteiger partial charge in [-0.1, -0.05) is 18.2 Å². The van der Waals surface area contributed by atoms with Gasteiger partial charge in [-0.15, -0.1) is 18.3 Å². The molecule has 84 valence electrons. The summed E-state index contributed by atoms with van der Waals surface area (Å²) in [6, 6.07) is 11.3. The number of thioether (sulfide) groups is 1. The van der Waals surface area contributed by atoms with Crippen LogP contribution in [0.3, 0.4) is 0 Å². The van der Waals surface area contributed by atoms with Crippen molar-refractivity contribution in [3.05, 3.63) is 48.7 Å². The molecule has 0 aromatic heterocycles. The van der Waals surface area contributed by atoms with Gasteiger partial charge in [0.15, 0.2) is 0 Å². The summed E-state index contributed by atoms with van der Waals surface area (Å²) >= 11 is 1.64. The molecule has 0 aliphatic carbocycles. The average Bonchev–Trinajstić information content (AvgIpc) is 2.38. The molecular formula is C13H11N3S. The zero-order valence-electron chi connectivity index (χ0n) is 9.18. The van der Waals surface area contributed by atoms with Gasteiger partial charge >= 0.3 is 0 Å². The highest BCUT2D eigenvalue weighted by molar-refractivity contribution is 7.99. The van der Waals surface area contributed by atoms with Crippen molar-refractivity contribution in [3.63, 3.8) is 0 Å². The highest BCUT2D eigenvalue weighted by Crippen LogP contribution is 2.26. The molecule has 0 aliphatic heterocycles. The summed E-state index contributed by atoms with van der Waals surface area (Å²) in [6.07, 6.45) is 3.24. The molecule has 0 fully saturated rings. The fourth-order valence-corrected chi connectivity index (χ4v) is 1.85. The maximum atomic E-state index is 8.62. The van der Waals surface area contributed by atoms with Gasteiger partial charge < -0.3 is 5.32 Å². The number of nitrogens with zero attached hydrogens (tertiary/aromatic N) is 2. The number of benzene rings is 1. The fourth-order valence-electron chi connectivity index (χ4n) is 1.10. The van der Waals surface area contributed by atoms with E-state index in [1.807, 2.05) is 30.3 Å². The van der Waals surface area contributed by atoms with Crippen LogP contribution in [-0.2, 0) is 0 Å². The standard InChI is InChI=1S/C13H11N3S/c1-2-7-17-13-6-4-3-5-12(13)16-10-11(8-14)9-15/h2-6,10,16H,1,7H2. The molecule has 4 heteroatoms. The van der Waals surface area contributed by atoms with Crippen LogP contribution < -0.4 is 5.32 Å². The van der Waals surface area contributed by atoms with E-state index < -0.39 is 0 Å². The predicted octanol–water partition coefficient (Wildman–Crippen LogP) is 3.31. The summed E-state index contributed by atoms with van der Waals surface area (Å²) in [5.74, 6) is 0.811. The quantitative estimate of drug-likeness (QED) is 0.488. The van der Waals surface area contributed by atoms with Gasteiger partial charge in [0.1, 0.15) is 17.7 Å².